The molecule has 124 valence electrons. The normalized spacial score (nSPS) is 19.4. The van der Waals surface area contributed by atoms with Crippen LogP contribution in [0.2, 0.25) is 0 Å². The number of likely N-dealkylation sites (tertiary alicyclic amines) is 1. The number of carbonyl (C=O) groups is 3. The van der Waals surface area contributed by atoms with Crippen molar-refractivity contribution < 1.29 is 14.4 Å². The summed E-state index contributed by atoms with van der Waals surface area (Å²) < 4.78 is 0. The number of imide groups is 1. The highest BCUT2D eigenvalue weighted by atomic mass is 32.1. The molecule has 2 aromatic heterocycles. The van der Waals surface area contributed by atoms with Crippen molar-refractivity contribution in [2.45, 2.75) is 18.4 Å². The van der Waals surface area contributed by atoms with Gasteiger partial charge in [-0.3, -0.25) is 20.0 Å². The summed E-state index contributed by atoms with van der Waals surface area (Å²) in [4.78, 5) is 38.5. The van der Waals surface area contributed by atoms with Crippen molar-refractivity contribution >= 4 is 29.2 Å². The van der Waals surface area contributed by atoms with Crippen LogP contribution in [0.15, 0.2) is 23.6 Å². The first-order chi connectivity index (χ1) is 11.6. The van der Waals surface area contributed by atoms with Gasteiger partial charge >= 0.3 is 6.03 Å². The van der Waals surface area contributed by atoms with E-state index in [1.807, 2.05) is 17.5 Å². The molecule has 0 radical (unpaired) electrons. The lowest BCUT2D eigenvalue weighted by Crippen LogP contribution is -2.55. The maximum absolute atomic E-state index is 12.6. The Kier molecular flexibility index (Phi) is 3.38. The minimum atomic E-state index is -0.873. The summed E-state index contributed by atoms with van der Waals surface area (Å²) in [6.07, 6.45) is 0.803. The van der Waals surface area contributed by atoms with Gasteiger partial charge in [-0.15, -0.1) is 11.3 Å². The van der Waals surface area contributed by atoms with Gasteiger partial charge in [0.1, 0.15) is 5.54 Å². The quantitative estimate of drug-likeness (QED) is 0.705. The molecule has 2 aliphatic heterocycles. The first-order valence-electron chi connectivity index (χ1n) is 7.60. The van der Waals surface area contributed by atoms with Crippen LogP contribution in [0.25, 0.3) is 10.6 Å². The van der Waals surface area contributed by atoms with Gasteiger partial charge in [0.2, 0.25) is 0 Å². The van der Waals surface area contributed by atoms with Gasteiger partial charge < -0.3 is 10.2 Å². The molecule has 0 unspecified atom stereocenters. The Hall–Kier alpha value is -2.68. The van der Waals surface area contributed by atoms with Gasteiger partial charge in [-0.2, -0.15) is 5.10 Å². The van der Waals surface area contributed by atoms with Crippen molar-refractivity contribution in [3.63, 3.8) is 0 Å². The zero-order valence-corrected chi connectivity index (χ0v) is 13.5. The number of rotatable bonds is 2. The average Bonchev–Trinajstić information content (AvgIpc) is 3.29. The van der Waals surface area contributed by atoms with Gasteiger partial charge in [0.05, 0.1) is 10.6 Å². The maximum Gasteiger partial charge on any atom is 0.322 e. The lowest BCUT2D eigenvalue weighted by molar-refractivity contribution is -0.125. The maximum atomic E-state index is 12.6. The molecule has 4 heterocycles. The third kappa shape index (κ3) is 2.37. The SMILES string of the molecule is O=C1NC(=O)C2(CCN(C(=O)c3cc(-c4cccs4)[nH]n3)CC2)N1. The van der Waals surface area contributed by atoms with Crippen molar-refractivity contribution in [1.82, 2.24) is 25.7 Å². The average molecular weight is 345 g/mol. The standard InChI is InChI=1S/C15H15N5O3S/c21-12(10-8-9(18-19-10)11-2-1-7-24-11)20-5-3-15(4-6-20)13(22)16-14(23)17-15/h1-2,7-8H,3-6H2,(H,18,19)(H2,16,17,22,23). The van der Waals surface area contributed by atoms with Crippen LogP contribution in [0, 0.1) is 0 Å². The van der Waals surface area contributed by atoms with E-state index in [-0.39, 0.29) is 11.8 Å². The second kappa shape index (κ2) is 5.45. The molecule has 2 aromatic rings. The second-order valence-electron chi connectivity index (χ2n) is 5.93. The third-order valence-electron chi connectivity index (χ3n) is 4.50. The summed E-state index contributed by atoms with van der Waals surface area (Å²) >= 11 is 1.57. The number of nitrogens with zero attached hydrogens (tertiary/aromatic N) is 2. The van der Waals surface area contributed by atoms with Crippen LogP contribution in [0.5, 0.6) is 0 Å². The van der Waals surface area contributed by atoms with Crippen LogP contribution >= 0.6 is 11.3 Å². The lowest BCUT2D eigenvalue weighted by atomic mass is 9.87. The van der Waals surface area contributed by atoms with E-state index in [9.17, 15) is 14.4 Å². The van der Waals surface area contributed by atoms with E-state index >= 15 is 0 Å². The molecule has 3 N–H and O–H groups in total. The van der Waals surface area contributed by atoms with Gasteiger partial charge in [0, 0.05) is 13.1 Å². The number of carbonyl (C=O) groups excluding carboxylic acids is 3. The molecule has 24 heavy (non-hydrogen) atoms. The molecular weight excluding hydrogens is 330 g/mol. The molecule has 2 aliphatic rings. The molecule has 2 saturated heterocycles. The molecule has 0 aromatic carbocycles. The minimum Gasteiger partial charge on any atom is -0.337 e. The van der Waals surface area contributed by atoms with Gasteiger partial charge in [-0.1, -0.05) is 6.07 Å². The smallest absolute Gasteiger partial charge is 0.322 e. The number of hydrogen-bond acceptors (Lipinski definition) is 5. The highest BCUT2D eigenvalue weighted by Gasteiger charge is 2.48. The predicted octanol–water partition coefficient (Wildman–Crippen LogP) is 0.952. The van der Waals surface area contributed by atoms with Crippen molar-refractivity contribution in [3.8, 4) is 10.6 Å². The summed E-state index contributed by atoms with van der Waals surface area (Å²) in [5.41, 5.74) is 0.292. The van der Waals surface area contributed by atoms with Crippen LogP contribution in [0.1, 0.15) is 23.3 Å². The summed E-state index contributed by atoms with van der Waals surface area (Å²) in [5.74, 6) is -0.479. The Morgan fingerprint density at radius 2 is 2.08 bits per heavy atom. The molecule has 0 aliphatic carbocycles. The fourth-order valence-corrected chi connectivity index (χ4v) is 3.82. The van der Waals surface area contributed by atoms with Crippen LogP contribution in [0.4, 0.5) is 4.79 Å². The number of urea groups is 1. The largest absolute Gasteiger partial charge is 0.337 e. The number of H-pyrrole nitrogens is 1. The van der Waals surface area contributed by atoms with Crippen molar-refractivity contribution in [2.24, 2.45) is 0 Å². The molecule has 0 bridgehead atoms. The van der Waals surface area contributed by atoms with E-state index < -0.39 is 11.6 Å². The Labute approximate surface area is 141 Å². The molecule has 1 spiro atoms. The second-order valence-corrected chi connectivity index (χ2v) is 6.87. The Balaban J connectivity index is 1.45. The summed E-state index contributed by atoms with van der Waals surface area (Å²) in [6.45, 7) is 0.793. The summed E-state index contributed by atoms with van der Waals surface area (Å²) in [7, 11) is 0. The van der Waals surface area contributed by atoms with Gasteiger partial charge in [0.15, 0.2) is 5.69 Å². The molecule has 8 nitrogen and oxygen atoms in total. The Morgan fingerprint density at radius 3 is 2.71 bits per heavy atom. The first-order valence-corrected chi connectivity index (χ1v) is 8.47. The number of piperidine rings is 1. The zero-order chi connectivity index (χ0) is 16.7. The van der Waals surface area contributed by atoms with Crippen molar-refractivity contribution in [2.75, 3.05) is 13.1 Å². The fourth-order valence-electron chi connectivity index (χ4n) is 3.12. The topological polar surface area (TPSA) is 107 Å². The summed E-state index contributed by atoms with van der Waals surface area (Å²) in [5, 5.41) is 13.9. The van der Waals surface area contributed by atoms with E-state index in [2.05, 4.69) is 20.8 Å². The van der Waals surface area contributed by atoms with Crippen LogP contribution < -0.4 is 10.6 Å². The van der Waals surface area contributed by atoms with Crippen molar-refractivity contribution in [3.05, 3.63) is 29.3 Å². The Bertz CT molecular complexity index is 805. The zero-order valence-electron chi connectivity index (χ0n) is 12.7. The molecule has 2 fully saturated rings. The highest BCUT2D eigenvalue weighted by Crippen LogP contribution is 2.27. The first kappa shape index (κ1) is 14.9. The van der Waals surface area contributed by atoms with E-state index in [1.54, 1.807) is 22.3 Å². The fraction of sp³-hybridized carbons (Fsp3) is 0.333. The number of aromatic nitrogens is 2. The van der Waals surface area contributed by atoms with Gasteiger partial charge in [-0.05, 0) is 30.4 Å². The van der Waals surface area contributed by atoms with Gasteiger partial charge in [-0.25, -0.2) is 4.79 Å². The molecule has 0 atom stereocenters. The molecule has 0 saturated carbocycles. The number of amides is 4. The van der Waals surface area contributed by atoms with E-state index in [0.717, 1.165) is 10.6 Å². The molecular formula is C15H15N5O3S. The molecule has 9 heteroatoms. The Morgan fingerprint density at radius 1 is 1.29 bits per heavy atom. The molecule has 4 amide bonds. The van der Waals surface area contributed by atoms with Crippen LogP contribution in [0.3, 0.4) is 0 Å². The monoisotopic (exact) mass is 345 g/mol. The summed E-state index contributed by atoms with van der Waals surface area (Å²) in [6, 6.07) is 5.17. The lowest BCUT2D eigenvalue weighted by Gasteiger charge is -2.36. The van der Waals surface area contributed by atoms with Crippen molar-refractivity contribution in [1.29, 1.82) is 0 Å². The van der Waals surface area contributed by atoms with E-state index in [0.29, 0.717) is 31.6 Å². The number of thiophene rings is 1. The van der Waals surface area contributed by atoms with Gasteiger partial charge in [0.25, 0.3) is 11.8 Å². The number of aromatic amines is 1. The van der Waals surface area contributed by atoms with Crippen LogP contribution in [-0.2, 0) is 4.79 Å². The third-order valence-corrected chi connectivity index (χ3v) is 5.41. The number of nitrogens with one attached hydrogen (secondary N) is 3. The minimum absolute atomic E-state index is 0.173. The van der Waals surface area contributed by atoms with Crippen LogP contribution in [-0.4, -0.2) is 51.6 Å². The highest BCUT2D eigenvalue weighted by molar-refractivity contribution is 7.13. The van der Waals surface area contributed by atoms with E-state index in [1.165, 1.54) is 0 Å². The number of hydrogen-bond donors (Lipinski definition) is 3. The van der Waals surface area contributed by atoms with E-state index in [4.69, 9.17) is 0 Å². The predicted molar refractivity (Wildman–Crippen MR) is 86.4 cm³/mol. The molecule has 4 rings (SSSR count).